The first-order valence-corrected chi connectivity index (χ1v) is 3.74. The average molecular weight is 154 g/mol. The van der Waals surface area contributed by atoms with Gasteiger partial charge in [0.15, 0.2) is 0 Å². The summed E-state index contributed by atoms with van der Waals surface area (Å²) in [5.74, 6) is 4.85. The van der Waals surface area contributed by atoms with Gasteiger partial charge in [-0.25, -0.2) is 10.6 Å². The van der Waals surface area contributed by atoms with Gasteiger partial charge in [0.05, 0.1) is 0 Å². The Labute approximate surface area is 55.9 Å². The monoisotopic (exact) mass is 154 g/mol. The number of hydrazine groups is 1. The van der Waals surface area contributed by atoms with Crippen molar-refractivity contribution in [2.75, 3.05) is 5.94 Å². The van der Waals surface area contributed by atoms with Crippen molar-refractivity contribution in [1.29, 1.82) is 0 Å². The summed E-state index contributed by atoms with van der Waals surface area (Å²) in [7, 11) is 1.10. The predicted molar refractivity (Wildman–Crippen MR) is 35.2 cm³/mol. The Morgan fingerprint density at radius 3 is 3.00 bits per heavy atom. The molecule has 0 aliphatic rings. The molecule has 0 aliphatic carbocycles. The molecule has 0 spiro atoms. The zero-order valence-corrected chi connectivity index (χ0v) is 5.67. The van der Waals surface area contributed by atoms with E-state index in [9.17, 15) is 4.79 Å². The lowest BCUT2D eigenvalue weighted by Crippen LogP contribution is -2.30. The van der Waals surface area contributed by atoms with Crippen molar-refractivity contribution in [2.24, 2.45) is 5.84 Å². The first-order valence-electron chi connectivity index (χ1n) is 1.71. The normalized spacial score (nSPS) is 8.25. The van der Waals surface area contributed by atoms with Gasteiger partial charge < -0.3 is 4.74 Å². The molecule has 0 saturated heterocycles. The zero-order valence-electron chi connectivity index (χ0n) is 3.96. The van der Waals surface area contributed by atoms with Crippen molar-refractivity contribution in [3.8, 4) is 0 Å². The lowest BCUT2D eigenvalue weighted by atomic mass is 11.2. The van der Waals surface area contributed by atoms with Crippen molar-refractivity contribution in [1.82, 2.24) is 5.43 Å². The van der Waals surface area contributed by atoms with Crippen LogP contribution in [-0.4, -0.2) is 12.0 Å². The quantitative estimate of drug-likeness (QED) is 0.132. The van der Waals surface area contributed by atoms with Gasteiger partial charge in [-0.1, -0.05) is 10.8 Å². The maximum Gasteiger partial charge on any atom is 0.422 e. The molecule has 0 aromatic rings. The molecular formula is C2H6N2O2S2. The molecule has 0 atom stereocenters. The summed E-state index contributed by atoms with van der Waals surface area (Å²) in [4.78, 5) is 10.1. The number of carbonyl (C=O) groups is 1. The highest BCUT2D eigenvalue weighted by atomic mass is 33.1. The summed E-state index contributed by atoms with van der Waals surface area (Å²) in [6.45, 7) is 0. The zero-order chi connectivity index (χ0) is 6.41. The van der Waals surface area contributed by atoms with Gasteiger partial charge in [0.2, 0.25) is 0 Å². The fraction of sp³-hybridized carbons (Fsp3) is 0.500. The SMILES string of the molecule is NNC(=O)OCSS. The van der Waals surface area contributed by atoms with Gasteiger partial charge in [-0.15, -0.1) is 11.7 Å². The molecule has 4 nitrogen and oxygen atoms in total. The molecule has 6 heteroatoms. The molecule has 3 N–H and O–H groups in total. The Bertz CT molecular complexity index is 78.4. The molecule has 0 rings (SSSR count). The van der Waals surface area contributed by atoms with Crippen molar-refractivity contribution >= 4 is 28.5 Å². The summed E-state index contributed by atoms with van der Waals surface area (Å²) in [5.41, 5.74) is 1.79. The molecule has 48 valence electrons. The van der Waals surface area contributed by atoms with Crippen LogP contribution in [0.3, 0.4) is 0 Å². The third kappa shape index (κ3) is 4.10. The molecule has 0 unspecified atom stereocenters. The van der Waals surface area contributed by atoms with E-state index in [2.05, 4.69) is 22.2 Å². The van der Waals surface area contributed by atoms with Crippen LogP contribution in [0.5, 0.6) is 0 Å². The second-order valence-electron chi connectivity index (χ2n) is 0.823. The van der Waals surface area contributed by atoms with E-state index in [4.69, 9.17) is 0 Å². The van der Waals surface area contributed by atoms with Crippen LogP contribution in [0.2, 0.25) is 0 Å². The minimum Gasteiger partial charge on any atom is -0.437 e. The largest absolute Gasteiger partial charge is 0.437 e. The number of hydrogen-bond acceptors (Lipinski definition) is 5. The Hall–Kier alpha value is -0.0700. The van der Waals surface area contributed by atoms with Gasteiger partial charge in [0.1, 0.15) is 5.94 Å². The fourth-order valence-electron chi connectivity index (χ4n) is 0.122. The first-order chi connectivity index (χ1) is 3.81. The Morgan fingerprint density at radius 1 is 2.00 bits per heavy atom. The van der Waals surface area contributed by atoms with E-state index in [0.717, 1.165) is 10.8 Å². The van der Waals surface area contributed by atoms with Gasteiger partial charge in [0, 0.05) is 0 Å². The Morgan fingerprint density at radius 2 is 2.62 bits per heavy atom. The number of thiol groups is 1. The third-order valence-corrected chi connectivity index (χ3v) is 0.900. The number of hydrogen-bond donors (Lipinski definition) is 3. The molecule has 0 bridgehead atoms. The standard InChI is InChI=1S/C2H6N2O2S2/c3-4-2(5)6-1-8-7/h7H,1,3H2,(H,4,5). The van der Waals surface area contributed by atoms with Gasteiger partial charge in [-0.3, -0.25) is 5.43 Å². The Kier molecular flexibility index (Phi) is 5.03. The van der Waals surface area contributed by atoms with Crippen LogP contribution in [-0.2, 0) is 4.74 Å². The summed E-state index contributed by atoms with van der Waals surface area (Å²) < 4.78 is 4.35. The van der Waals surface area contributed by atoms with Gasteiger partial charge in [0.25, 0.3) is 0 Å². The second-order valence-corrected chi connectivity index (χ2v) is 2.09. The predicted octanol–water partition coefficient (Wildman–Crippen LogP) is 0.122. The minimum atomic E-state index is -0.647. The van der Waals surface area contributed by atoms with Crippen molar-refractivity contribution in [3.05, 3.63) is 0 Å². The van der Waals surface area contributed by atoms with Crippen LogP contribution in [0.15, 0.2) is 0 Å². The summed E-state index contributed by atoms with van der Waals surface area (Å²) in [6.07, 6.45) is -0.647. The van der Waals surface area contributed by atoms with E-state index in [1.165, 1.54) is 0 Å². The van der Waals surface area contributed by atoms with E-state index >= 15 is 0 Å². The third-order valence-electron chi connectivity index (χ3n) is 0.361. The Balaban J connectivity index is 2.99. The number of rotatable bonds is 2. The van der Waals surface area contributed by atoms with Crippen LogP contribution in [0.4, 0.5) is 4.79 Å². The number of nitrogens with two attached hydrogens (primary N) is 1. The van der Waals surface area contributed by atoms with Crippen LogP contribution >= 0.6 is 22.5 Å². The number of nitrogens with one attached hydrogen (secondary N) is 1. The number of amides is 1. The smallest absolute Gasteiger partial charge is 0.422 e. The summed E-state index contributed by atoms with van der Waals surface area (Å²) in [5, 5.41) is 0. The van der Waals surface area contributed by atoms with Gasteiger partial charge in [-0.2, -0.15) is 0 Å². The van der Waals surface area contributed by atoms with Crippen LogP contribution in [0.25, 0.3) is 0 Å². The average Bonchev–Trinajstić information content (AvgIpc) is 1.83. The van der Waals surface area contributed by atoms with Crippen LogP contribution < -0.4 is 11.3 Å². The highest BCUT2D eigenvalue weighted by molar-refractivity contribution is 8.68. The maximum atomic E-state index is 10.1. The molecule has 0 aromatic carbocycles. The van der Waals surface area contributed by atoms with E-state index in [1.807, 2.05) is 0 Å². The minimum absolute atomic E-state index is 0.201. The lowest BCUT2D eigenvalue weighted by Gasteiger charge is -1.97. The molecule has 0 fully saturated rings. The number of carbonyl (C=O) groups excluding carboxylic acids is 1. The van der Waals surface area contributed by atoms with E-state index in [1.54, 1.807) is 5.43 Å². The molecule has 0 radical (unpaired) electrons. The second kappa shape index (κ2) is 5.07. The van der Waals surface area contributed by atoms with E-state index < -0.39 is 6.09 Å². The topological polar surface area (TPSA) is 64.3 Å². The highest BCUT2D eigenvalue weighted by Gasteiger charge is 1.93. The highest BCUT2D eigenvalue weighted by Crippen LogP contribution is 2.03. The van der Waals surface area contributed by atoms with Crippen molar-refractivity contribution < 1.29 is 9.53 Å². The molecule has 1 amide bonds. The van der Waals surface area contributed by atoms with Gasteiger partial charge >= 0.3 is 6.09 Å². The van der Waals surface area contributed by atoms with Crippen molar-refractivity contribution in [3.63, 3.8) is 0 Å². The first kappa shape index (κ1) is 7.93. The molecule has 0 saturated carbocycles. The summed E-state index contributed by atoms with van der Waals surface area (Å²) >= 11 is 3.70. The molecule has 0 aliphatic heterocycles. The maximum absolute atomic E-state index is 10.1. The summed E-state index contributed by atoms with van der Waals surface area (Å²) in [6, 6.07) is 0. The van der Waals surface area contributed by atoms with Crippen LogP contribution in [0.1, 0.15) is 0 Å². The molecule has 0 heterocycles. The molecule has 8 heavy (non-hydrogen) atoms. The molecule has 0 aromatic heterocycles. The van der Waals surface area contributed by atoms with Crippen LogP contribution in [0, 0.1) is 0 Å². The molecular weight excluding hydrogens is 148 g/mol. The van der Waals surface area contributed by atoms with E-state index in [-0.39, 0.29) is 5.94 Å². The van der Waals surface area contributed by atoms with E-state index in [0.29, 0.717) is 0 Å². The van der Waals surface area contributed by atoms with Gasteiger partial charge in [-0.05, 0) is 0 Å². The van der Waals surface area contributed by atoms with Crippen molar-refractivity contribution in [2.45, 2.75) is 0 Å². The lowest BCUT2D eigenvalue weighted by molar-refractivity contribution is 0.166. The fourth-order valence-corrected chi connectivity index (χ4v) is 0.439. The number of ether oxygens (including phenoxy) is 1.